The minimum absolute atomic E-state index is 0.154. The van der Waals surface area contributed by atoms with Gasteiger partial charge in [0.05, 0.1) is 0 Å². The van der Waals surface area contributed by atoms with Gasteiger partial charge in [-0.25, -0.2) is 8.78 Å². The van der Waals surface area contributed by atoms with Gasteiger partial charge in [0.15, 0.2) is 0 Å². The predicted molar refractivity (Wildman–Crippen MR) is 79.6 cm³/mol. The van der Waals surface area contributed by atoms with Crippen LogP contribution in [0.5, 0.6) is 11.5 Å². The third-order valence-corrected chi connectivity index (χ3v) is 3.19. The van der Waals surface area contributed by atoms with E-state index in [0.717, 1.165) is 36.7 Å². The van der Waals surface area contributed by atoms with Gasteiger partial charge in [-0.1, -0.05) is 26.0 Å². The van der Waals surface area contributed by atoms with Gasteiger partial charge in [-0.05, 0) is 30.7 Å². The van der Waals surface area contributed by atoms with E-state index < -0.39 is 11.6 Å². The molecule has 1 unspecified atom stereocenters. The predicted octanol–water partition coefficient (Wildman–Crippen LogP) is 4.82. The lowest BCUT2D eigenvalue weighted by molar-refractivity contribution is 0.465. The normalized spacial score (nSPS) is 12.2. The third kappa shape index (κ3) is 4.26. The second-order valence-electron chi connectivity index (χ2n) is 4.80. The summed E-state index contributed by atoms with van der Waals surface area (Å²) >= 11 is 0. The average Bonchev–Trinajstić information content (AvgIpc) is 2.44. The lowest BCUT2D eigenvalue weighted by atomic mass is 10.0. The zero-order valence-corrected chi connectivity index (χ0v) is 12.2. The molecule has 21 heavy (non-hydrogen) atoms. The highest BCUT2D eigenvalue weighted by atomic mass is 19.1. The summed E-state index contributed by atoms with van der Waals surface area (Å²) < 4.78 is 31.9. The maximum atomic E-state index is 13.2. The number of benzene rings is 2. The summed E-state index contributed by atoms with van der Waals surface area (Å²) in [5.41, 5.74) is 1.09. The summed E-state index contributed by atoms with van der Waals surface area (Å²) in [4.78, 5) is 0. The molecular formula is C17H19F2NO. The monoisotopic (exact) mass is 291 g/mol. The van der Waals surface area contributed by atoms with Gasteiger partial charge >= 0.3 is 0 Å². The molecule has 0 aliphatic rings. The summed E-state index contributed by atoms with van der Waals surface area (Å²) in [6.07, 6.45) is 0.950. The van der Waals surface area contributed by atoms with Crippen molar-refractivity contribution in [2.75, 3.05) is 6.54 Å². The minimum Gasteiger partial charge on any atom is -0.457 e. The second kappa shape index (κ2) is 7.18. The Morgan fingerprint density at radius 2 is 1.71 bits per heavy atom. The molecule has 2 aromatic carbocycles. The lowest BCUT2D eigenvalue weighted by Crippen LogP contribution is -2.19. The molecule has 2 nitrogen and oxygen atoms in total. The Labute approximate surface area is 123 Å². The molecular weight excluding hydrogens is 272 g/mol. The second-order valence-corrected chi connectivity index (χ2v) is 4.80. The molecule has 1 atom stereocenters. The molecule has 0 saturated heterocycles. The van der Waals surface area contributed by atoms with Gasteiger partial charge in [-0.3, -0.25) is 0 Å². The molecule has 0 heterocycles. The van der Waals surface area contributed by atoms with Crippen molar-refractivity contribution < 1.29 is 13.5 Å². The van der Waals surface area contributed by atoms with Gasteiger partial charge in [0.25, 0.3) is 0 Å². The van der Waals surface area contributed by atoms with Crippen LogP contribution in [0, 0.1) is 11.6 Å². The molecule has 0 amide bonds. The molecule has 0 bridgehead atoms. The van der Waals surface area contributed by atoms with Crippen molar-refractivity contribution in [3.63, 3.8) is 0 Å². The van der Waals surface area contributed by atoms with E-state index in [0.29, 0.717) is 5.75 Å². The average molecular weight is 291 g/mol. The summed E-state index contributed by atoms with van der Waals surface area (Å²) in [5, 5.41) is 3.38. The SMILES string of the molecule is CCNC(CC)c1cccc(Oc2cc(F)cc(F)c2)c1. The van der Waals surface area contributed by atoms with Crippen molar-refractivity contribution in [3.8, 4) is 11.5 Å². The Morgan fingerprint density at radius 3 is 2.33 bits per heavy atom. The first-order valence-corrected chi connectivity index (χ1v) is 7.09. The summed E-state index contributed by atoms with van der Waals surface area (Å²) in [7, 11) is 0. The van der Waals surface area contributed by atoms with Crippen molar-refractivity contribution >= 4 is 0 Å². The van der Waals surface area contributed by atoms with E-state index in [1.807, 2.05) is 18.2 Å². The van der Waals surface area contributed by atoms with Crippen LogP contribution in [-0.2, 0) is 0 Å². The van der Waals surface area contributed by atoms with Crippen molar-refractivity contribution in [3.05, 3.63) is 59.7 Å². The van der Waals surface area contributed by atoms with Crippen LogP contribution in [0.2, 0.25) is 0 Å². The van der Waals surface area contributed by atoms with E-state index in [4.69, 9.17) is 4.74 Å². The van der Waals surface area contributed by atoms with Crippen LogP contribution < -0.4 is 10.1 Å². The molecule has 0 aliphatic carbocycles. The van der Waals surface area contributed by atoms with Crippen LogP contribution in [0.15, 0.2) is 42.5 Å². The lowest BCUT2D eigenvalue weighted by Gasteiger charge is -2.17. The van der Waals surface area contributed by atoms with Crippen molar-refractivity contribution in [2.45, 2.75) is 26.3 Å². The third-order valence-electron chi connectivity index (χ3n) is 3.19. The van der Waals surface area contributed by atoms with E-state index in [-0.39, 0.29) is 11.8 Å². The number of rotatable bonds is 6. The fraction of sp³-hybridized carbons (Fsp3) is 0.294. The molecule has 0 spiro atoms. The molecule has 2 aromatic rings. The van der Waals surface area contributed by atoms with Gasteiger partial charge in [0.1, 0.15) is 23.1 Å². The summed E-state index contributed by atoms with van der Waals surface area (Å²) in [6, 6.07) is 10.9. The smallest absolute Gasteiger partial charge is 0.133 e. The van der Waals surface area contributed by atoms with E-state index in [2.05, 4.69) is 19.2 Å². The Hall–Kier alpha value is -1.94. The zero-order valence-electron chi connectivity index (χ0n) is 12.2. The number of halogens is 2. The van der Waals surface area contributed by atoms with Crippen LogP contribution >= 0.6 is 0 Å². The maximum Gasteiger partial charge on any atom is 0.133 e. The van der Waals surface area contributed by atoms with Crippen LogP contribution in [0.25, 0.3) is 0 Å². The zero-order chi connectivity index (χ0) is 15.2. The number of nitrogens with one attached hydrogen (secondary N) is 1. The first-order valence-electron chi connectivity index (χ1n) is 7.09. The highest BCUT2D eigenvalue weighted by molar-refractivity contribution is 5.35. The highest BCUT2D eigenvalue weighted by Gasteiger charge is 2.09. The largest absolute Gasteiger partial charge is 0.457 e. The van der Waals surface area contributed by atoms with Gasteiger partial charge in [0.2, 0.25) is 0 Å². The Morgan fingerprint density at radius 1 is 1.00 bits per heavy atom. The molecule has 2 rings (SSSR count). The Balaban J connectivity index is 2.20. The molecule has 0 radical (unpaired) electrons. The van der Waals surface area contributed by atoms with Crippen molar-refractivity contribution in [1.29, 1.82) is 0 Å². The van der Waals surface area contributed by atoms with Crippen molar-refractivity contribution in [1.82, 2.24) is 5.32 Å². The molecule has 112 valence electrons. The van der Waals surface area contributed by atoms with Crippen LogP contribution in [0.4, 0.5) is 8.78 Å². The highest BCUT2D eigenvalue weighted by Crippen LogP contribution is 2.26. The van der Waals surface area contributed by atoms with Crippen LogP contribution in [-0.4, -0.2) is 6.54 Å². The molecule has 0 saturated carbocycles. The minimum atomic E-state index is -0.653. The molecule has 0 aromatic heterocycles. The molecule has 1 N–H and O–H groups in total. The van der Waals surface area contributed by atoms with E-state index in [1.54, 1.807) is 6.07 Å². The standard InChI is InChI=1S/C17H19F2NO/c1-3-17(20-4-2)12-6-5-7-15(8-12)21-16-10-13(18)9-14(19)11-16/h5-11,17,20H,3-4H2,1-2H3. The van der Waals surface area contributed by atoms with Gasteiger partial charge in [-0.15, -0.1) is 0 Å². The van der Waals surface area contributed by atoms with E-state index in [9.17, 15) is 8.78 Å². The fourth-order valence-corrected chi connectivity index (χ4v) is 2.26. The fourth-order valence-electron chi connectivity index (χ4n) is 2.26. The molecule has 0 aliphatic heterocycles. The Bertz CT molecular complexity index is 581. The first-order chi connectivity index (χ1) is 10.1. The summed E-state index contributed by atoms with van der Waals surface area (Å²) in [5.74, 6) is -0.588. The van der Waals surface area contributed by atoms with Gasteiger partial charge in [0, 0.05) is 24.2 Å². The topological polar surface area (TPSA) is 21.3 Å². The van der Waals surface area contributed by atoms with Crippen LogP contribution in [0.1, 0.15) is 31.9 Å². The molecule has 4 heteroatoms. The van der Waals surface area contributed by atoms with Gasteiger partial charge < -0.3 is 10.1 Å². The van der Waals surface area contributed by atoms with E-state index in [1.165, 1.54) is 0 Å². The number of hydrogen-bond acceptors (Lipinski definition) is 2. The molecule has 0 fully saturated rings. The maximum absolute atomic E-state index is 13.2. The van der Waals surface area contributed by atoms with Crippen LogP contribution in [0.3, 0.4) is 0 Å². The van der Waals surface area contributed by atoms with Gasteiger partial charge in [-0.2, -0.15) is 0 Å². The van der Waals surface area contributed by atoms with E-state index >= 15 is 0 Å². The number of ether oxygens (including phenoxy) is 1. The van der Waals surface area contributed by atoms with Crippen molar-refractivity contribution in [2.24, 2.45) is 0 Å². The quantitative estimate of drug-likeness (QED) is 0.824. The number of hydrogen-bond donors (Lipinski definition) is 1. The first kappa shape index (κ1) is 15.4. The summed E-state index contributed by atoms with van der Waals surface area (Å²) in [6.45, 7) is 5.03. The Kier molecular flexibility index (Phi) is 5.28.